The summed E-state index contributed by atoms with van der Waals surface area (Å²) >= 11 is 0. The van der Waals surface area contributed by atoms with Crippen LogP contribution in [0.1, 0.15) is 5.69 Å². The molecule has 0 fully saturated rings. The molecule has 0 atom stereocenters. The number of benzene rings is 1. The SMILES string of the molecule is COc1ccc2nc(C=CC(N)=O)ccc2c1. The molecule has 86 valence electrons. The highest BCUT2D eigenvalue weighted by Crippen LogP contribution is 2.19. The van der Waals surface area contributed by atoms with Crippen molar-refractivity contribution < 1.29 is 9.53 Å². The number of carbonyl (C=O) groups is 1. The molecular weight excluding hydrogens is 216 g/mol. The predicted molar refractivity (Wildman–Crippen MR) is 66.5 cm³/mol. The normalized spacial score (nSPS) is 10.9. The Morgan fingerprint density at radius 3 is 2.88 bits per heavy atom. The maximum Gasteiger partial charge on any atom is 0.241 e. The summed E-state index contributed by atoms with van der Waals surface area (Å²) in [5, 5.41) is 0.987. The number of amides is 1. The minimum Gasteiger partial charge on any atom is -0.497 e. The van der Waals surface area contributed by atoms with Crippen molar-refractivity contribution in [2.45, 2.75) is 0 Å². The van der Waals surface area contributed by atoms with Gasteiger partial charge in [-0.15, -0.1) is 0 Å². The molecule has 2 aromatic rings. The van der Waals surface area contributed by atoms with Crippen LogP contribution < -0.4 is 10.5 Å². The zero-order valence-electron chi connectivity index (χ0n) is 9.38. The molecule has 0 aliphatic carbocycles. The Labute approximate surface area is 98.7 Å². The summed E-state index contributed by atoms with van der Waals surface area (Å²) < 4.78 is 5.13. The standard InChI is InChI=1S/C13H12N2O2/c1-17-11-5-6-12-9(8-11)2-3-10(15-12)4-7-13(14)16/h2-8H,1H3,(H2,14,16). The van der Waals surface area contributed by atoms with Crippen LogP contribution in [0.5, 0.6) is 5.75 Å². The van der Waals surface area contributed by atoms with E-state index < -0.39 is 5.91 Å². The summed E-state index contributed by atoms with van der Waals surface area (Å²) in [7, 11) is 1.62. The van der Waals surface area contributed by atoms with Crippen molar-refractivity contribution in [2.24, 2.45) is 5.73 Å². The molecule has 2 rings (SSSR count). The van der Waals surface area contributed by atoms with E-state index in [2.05, 4.69) is 4.98 Å². The molecule has 0 radical (unpaired) electrons. The van der Waals surface area contributed by atoms with E-state index in [1.54, 1.807) is 13.2 Å². The number of hydrogen-bond acceptors (Lipinski definition) is 3. The molecule has 4 heteroatoms. The minimum atomic E-state index is -0.485. The van der Waals surface area contributed by atoms with Crippen molar-refractivity contribution in [2.75, 3.05) is 7.11 Å². The van der Waals surface area contributed by atoms with Gasteiger partial charge in [-0.3, -0.25) is 4.79 Å². The van der Waals surface area contributed by atoms with Crippen LogP contribution in [0.15, 0.2) is 36.4 Å². The van der Waals surface area contributed by atoms with E-state index in [1.165, 1.54) is 6.08 Å². The van der Waals surface area contributed by atoms with E-state index in [0.29, 0.717) is 5.69 Å². The highest BCUT2D eigenvalue weighted by atomic mass is 16.5. The molecule has 0 spiro atoms. The summed E-state index contributed by atoms with van der Waals surface area (Å²) in [6, 6.07) is 9.36. The molecular formula is C13H12N2O2. The van der Waals surface area contributed by atoms with Crippen molar-refractivity contribution in [1.82, 2.24) is 4.98 Å². The van der Waals surface area contributed by atoms with Gasteiger partial charge in [-0.25, -0.2) is 4.98 Å². The number of ether oxygens (including phenoxy) is 1. The smallest absolute Gasteiger partial charge is 0.241 e. The van der Waals surface area contributed by atoms with Crippen molar-refractivity contribution in [3.05, 3.63) is 42.1 Å². The molecule has 1 heterocycles. The fraction of sp³-hybridized carbons (Fsp3) is 0.0769. The number of nitrogens with zero attached hydrogens (tertiary/aromatic N) is 1. The van der Waals surface area contributed by atoms with Crippen molar-refractivity contribution in [1.29, 1.82) is 0 Å². The number of hydrogen-bond donors (Lipinski definition) is 1. The van der Waals surface area contributed by atoms with Crippen molar-refractivity contribution in [3.8, 4) is 5.75 Å². The van der Waals surface area contributed by atoms with E-state index in [4.69, 9.17) is 10.5 Å². The number of carbonyl (C=O) groups excluding carboxylic acids is 1. The highest BCUT2D eigenvalue weighted by Gasteiger charge is 1.98. The Bertz CT molecular complexity index is 591. The molecule has 0 aliphatic heterocycles. The summed E-state index contributed by atoms with van der Waals surface area (Å²) in [5.74, 6) is 0.307. The van der Waals surface area contributed by atoms with Gasteiger partial charge in [-0.05, 0) is 30.3 Å². The van der Waals surface area contributed by atoms with Gasteiger partial charge in [0.25, 0.3) is 0 Å². The first-order chi connectivity index (χ1) is 8.19. The molecule has 1 aromatic carbocycles. The van der Waals surface area contributed by atoms with Gasteiger partial charge in [-0.2, -0.15) is 0 Å². The second-order valence-corrected chi connectivity index (χ2v) is 3.53. The molecule has 1 aromatic heterocycles. The van der Waals surface area contributed by atoms with Crippen LogP contribution in [-0.2, 0) is 4.79 Å². The lowest BCUT2D eigenvalue weighted by molar-refractivity contribution is -0.113. The van der Waals surface area contributed by atoms with Gasteiger partial charge >= 0.3 is 0 Å². The molecule has 17 heavy (non-hydrogen) atoms. The lowest BCUT2D eigenvalue weighted by Gasteiger charge is -2.02. The van der Waals surface area contributed by atoms with Crippen LogP contribution in [0.3, 0.4) is 0 Å². The van der Waals surface area contributed by atoms with Crippen molar-refractivity contribution >= 4 is 22.9 Å². The molecule has 0 bridgehead atoms. The zero-order valence-corrected chi connectivity index (χ0v) is 9.38. The number of rotatable bonds is 3. The number of fused-ring (bicyclic) bond motifs is 1. The molecule has 0 unspecified atom stereocenters. The first kappa shape index (κ1) is 11.1. The Kier molecular flexibility index (Phi) is 3.05. The first-order valence-corrected chi connectivity index (χ1v) is 5.11. The van der Waals surface area contributed by atoms with E-state index in [1.807, 2.05) is 30.3 Å². The second-order valence-electron chi connectivity index (χ2n) is 3.53. The molecule has 0 saturated carbocycles. The van der Waals surface area contributed by atoms with Gasteiger partial charge in [0.1, 0.15) is 5.75 Å². The van der Waals surface area contributed by atoms with Crippen LogP contribution in [0.25, 0.3) is 17.0 Å². The van der Waals surface area contributed by atoms with Crippen LogP contribution in [0, 0.1) is 0 Å². The number of nitrogens with two attached hydrogens (primary N) is 1. The van der Waals surface area contributed by atoms with Gasteiger partial charge in [-0.1, -0.05) is 6.07 Å². The lowest BCUT2D eigenvalue weighted by atomic mass is 10.2. The third-order valence-corrected chi connectivity index (χ3v) is 2.34. The summed E-state index contributed by atoms with van der Waals surface area (Å²) in [5.41, 5.74) is 6.56. The van der Waals surface area contributed by atoms with E-state index in [-0.39, 0.29) is 0 Å². The van der Waals surface area contributed by atoms with Gasteiger partial charge < -0.3 is 10.5 Å². The highest BCUT2D eigenvalue weighted by molar-refractivity contribution is 5.90. The monoisotopic (exact) mass is 228 g/mol. The van der Waals surface area contributed by atoms with Crippen LogP contribution >= 0.6 is 0 Å². The molecule has 1 amide bonds. The van der Waals surface area contributed by atoms with Crippen LogP contribution in [0.4, 0.5) is 0 Å². The van der Waals surface area contributed by atoms with Crippen LogP contribution in [0.2, 0.25) is 0 Å². The molecule has 0 saturated heterocycles. The Morgan fingerprint density at radius 2 is 2.18 bits per heavy atom. The van der Waals surface area contributed by atoms with Crippen molar-refractivity contribution in [3.63, 3.8) is 0 Å². The first-order valence-electron chi connectivity index (χ1n) is 5.11. The van der Waals surface area contributed by atoms with Gasteiger partial charge in [0.05, 0.1) is 18.3 Å². The number of aromatic nitrogens is 1. The molecule has 0 aliphatic rings. The predicted octanol–water partition coefficient (Wildman–Crippen LogP) is 1.74. The van der Waals surface area contributed by atoms with Gasteiger partial charge in [0.15, 0.2) is 0 Å². The van der Waals surface area contributed by atoms with E-state index in [0.717, 1.165) is 16.7 Å². The lowest BCUT2D eigenvalue weighted by Crippen LogP contribution is -2.05. The second kappa shape index (κ2) is 4.65. The number of primary amides is 1. The van der Waals surface area contributed by atoms with E-state index >= 15 is 0 Å². The Hall–Kier alpha value is -2.36. The summed E-state index contributed by atoms with van der Waals surface area (Å²) in [6.45, 7) is 0. The van der Waals surface area contributed by atoms with Gasteiger partial charge in [0, 0.05) is 11.5 Å². The quantitative estimate of drug-likeness (QED) is 0.814. The number of pyridine rings is 1. The third kappa shape index (κ3) is 2.60. The fourth-order valence-electron chi connectivity index (χ4n) is 1.51. The Morgan fingerprint density at radius 1 is 1.35 bits per heavy atom. The summed E-state index contributed by atoms with van der Waals surface area (Å²) in [4.78, 5) is 15.0. The van der Waals surface area contributed by atoms with Crippen LogP contribution in [-0.4, -0.2) is 18.0 Å². The largest absolute Gasteiger partial charge is 0.497 e. The van der Waals surface area contributed by atoms with Gasteiger partial charge in [0.2, 0.25) is 5.91 Å². The summed E-state index contributed by atoms with van der Waals surface area (Å²) in [6.07, 6.45) is 2.88. The third-order valence-electron chi connectivity index (χ3n) is 2.34. The Balaban J connectivity index is 2.41. The van der Waals surface area contributed by atoms with E-state index in [9.17, 15) is 4.79 Å². The average Bonchev–Trinajstić information content (AvgIpc) is 2.35. The maximum atomic E-state index is 10.6. The molecule has 4 nitrogen and oxygen atoms in total. The molecule has 2 N–H and O–H groups in total. The zero-order chi connectivity index (χ0) is 12.3. The number of methoxy groups -OCH3 is 1. The maximum absolute atomic E-state index is 10.6. The fourth-order valence-corrected chi connectivity index (χ4v) is 1.51. The minimum absolute atomic E-state index is 0.485. The topological polar surface area (TPSA) is 65.2 Å². The average molecular weight is 228 g/mol.